The second-order valence-corrected chi connectivity index (χ2v) is 12.5. The van der Waals surface area contributed by atoms with Crippen molar-refractivity contribution in [3.05, 3.63) is 82.4 Å². The molecule has 0 spiro atoms. The molecule has 3 aromatic carbocycles. The molecule has 0 radical (unpaired) electrons. The molecule has 0 amide bonds. The minimum absolute atomic E-state index is 0.0219. The Bertz CT molecular complexity index is 1660. The highest BCUT2D eigenvalue weighted by Gasteiger charge is 2.41. The van der Waals surface area contributed by atoms with E-state index in [4.69, 9.17) is 21.4 Å². The van der Waals surface area contributed by atoms with Gasteiger partial charge in [0.05, 0.1) is 39.0 Å². The van der Waals surface area contributed by atoms with Crippen molar-refractivity contribution in [2.75, 3.05) is 28.8 Å². The van der Waals surface area contributed by atoms with Gasteiger partial charge in [0.2, 0.25) is 0 Å². The summed E-state index contributed by atoms with van der Waals surface area (Å²) in [5, 5.41) is 9.02. The summed E-state index contributed by atoms with van der Waals surface area (Å²) < 4.78 is 115. The summed E-state index contributed by atoms with van der Waals surface area (Å²) in [6, 6.07) is 11.3. The van der Waals surface area contributed by atoms with Gasteiger partial charge in [0.15, 0.2) is 0 Å². The predicted octanol–water partition coefficient (Wildman–Crippen LogP) is 6.80. The summed E-state index contributed by atoms with van der Waals surface area (Å²) in [6.07, 6.45) is -10.7. The van der Waals surface area contributed by atoms with E-state index in [9.17, 15) is 39.6 Å². The smallest absolute Gasteiger partial charge is 0.418 e. The molecule has 1 atom stereocenters. The number of anilines is 2. The number of carbonyl (C=O) groups is 1. The van der Waals surface area contributed by atoms with Crippen molar-refractivity contribution in [3.8, 4) is 5.75 Å². The van der Waals surface area contributed by atoms with Crippen LogP contribution in [0.3, 0.4) is 0 Å². The minimum Gasteiger partial charge on any atom is -0.486 e. The maximum atomic E-state index is 13.7. The van der Waals surface area contributed by atoms with E-state index in [0.29, 0.717) is 11.6 Å². The Morgan fingerprint density at radius 1 is 0.953 bits per heavy atom. The Morgan fingerprint density at radius 2 is 1.65 bits per heavy atom. The third-order valence-electron chi connectivity index (χ3n) is 7.31. The monoisotopic (exact) mass is 648 g/mol. The van der Waals surface area contributed by atoms with Crippen LogP contribution in [0.4, 0.5) is 37.7 Å². The standard InChI is InChI=1S/C28H23ClF6N2O5S/c29-22-6-2-5-21(28(33,34)35)26(22)36-13-17(14-36)16-7-9-24-23(11-16)37(15-19(42-24)8-10-25(38)39)43(40,41)20-4-1-3-18(12-20)27(30,31)32/h1-7,9,11-12,17,19H,8,10,13-15H2,(H,38,39)/t19-/m0/s1. The Kier molecular flexibility index (Phi) is 7.97. The molecule has 2 aliphatic heterocycles. The second kappa shape index (κ2) is 11.1. The molecule has 1 N–H and O–H groups in total. The highest BCUT2D eigenvalue weighted by Crippen LogP contribution is 2.46. The molecular weight excluding hydrogens is 626 g/mol. The first kappa shape index (κ1) is 30.8. The van der Waals surface area contributed by atoms with Crippen molar-refractivity contribution in [2.24, 2.45) is 0 Å². The van der Waals surface area contributed by atoms with Gasteiger partial charge >= 0.3 is 18.3 Å². The summed E-state index contributed by atoms with van der Waals surface area (Å²) in [6.45, 7) is -0.101. The Morgan fingerprint density at radius 3 is 2.30 bits per heavy atom. The molecule has 2 heterocycles. The number of para-hydroxylation sites is 1. The van der Waals surface area contributed by atoms with Gasteiger partial charge in [0, 0.05) is 25.4 Å². The van der Waals surface area contributed by atoms with Crippen molar-refractivity contribution in [3.63, 3.8) is 0 Å². The van der Waals surface area contributed by atoms with Crippen molar-refractivity contribution >= 4 is 39.0 Å². The number of sulfonamides is 1. The van der Waals surface area contributed by atoms with Crippen LogP contribution < -0.4 is 13.9 Å². The molecule has 1 saturated heterocycles. The zero-order valence-corrected chi connectivity index (χ0v) is 23.6. The molecule has 0 bridgehead atoms. The quantitative estimate of drug-likeness (QED) is 0.284. The third kappa shape index (κ3) is 6.21. The number of ether oxygens (including phenoxy) is 1. The Hall–Kier alpha value is -3.65. The SMILES string of the molecule is O=C(O)CC[C@H]1CN(S(=O)(=O)c2cccc(C(F)(F)F)c2)c2cc(C3CN(c4c(Cl)cccc4C(F)(F)F)C3)ccc2O1. The van der Waals surface area contributed by atoms with E-state index in [1.165, 1.54) is 29.2 Å². The molecule has 3 aromatic rings. The number of hydrogen-bond acceptors (Lipinski definition) is 5. The molecule has 2 aliphatic rings. The van der Waals surface area contributed by atoms with Crippen molar-refractivity contribution in [1.82, 2.24) is 0 Å². The Balaban J connectivity index is 1.48. The van der Waals surface area contributed by atoms with Crippen molar-refractivity contribution in [2.45, 2.75) is 42.1 Å². The average molecular weight is 649 g/mol. The summed E-state index contributed by atoms with van der Waals surface area (Å²) in [5.41, 5.74) is -1.63. The first-order chi connectivity index (χ1) is 20.1. The summed E-state index contributed by atoms with van der Waals surface area (Å²) in [4.78, 5) is 12.0. The first-order valence-electron chi connectivity index (χ1n) is 12.9. The highest BCUT2D eigenvalue weighted by atomic mass is 35.5. The van der Waals surface area contributed by atoms with E-state index in [2.05, 4.69) is 0 Å². The average Bonchev–Trinajstić information content (AvgIpc) is 2.90. The number of alkyl halides is 6. The number of halogens is 7. The van der Waals surface area contributed by atoms with Crippen LogP contribution in [-0.4, -0.2) is 45.2 Å². The van der Waals surface area contributed by atoms with Gasteiger partial charge in [-0.25, -0.2) is 8.42 Å². The van der Waals surface area contributed by atoms with E-state index in [1.807, 2.05) is 0 Å². The molecule has 7 nitrogen and oxygen atoms in total. The lowest BCUT2D eigenvalue weighted by Gasteiger charge is -2.43. The van der Waals surface area contributed by atoms with Crippen LogP contribution in [0.15, 0.2) is 65.6 Å². The zero-order valence-electron chi connectivity index (χ0n) is 22.0. The number of nitrogens with zero attached hydrogens (tertiary/aromatic N) is 2. The lowest BCUT2D eigenvalue weighted by Crippen LogP contribution is -2.46. The van der Waals surface area contributed by atoms with Gasteiger partial charge in [-0.2, -0.15) is 26.3 Å². The van der Waals surface area contributed by atoms with Gasteiger partial charge in [-0.15, -0.1) is 0 Å². The predicted molar refractivity (Wildman–Crippen MR) is 145 cm³/mol. The van der Waals surface area contributed by atoms with E-state index in [0.717, 1.165) is 28.6 Å². The second-order valence-electron chi connectivity index (χ2n) is 10.2. The fourth-order valence-corrected chi connectivity index (χ4v) is 6.98. The van der Waals surface area contributed by atoms with Gasteiger partial charge in [-0.05, 0) is 54.4 Å². The highest BCUT2D eigenvalue weighted by molar-refractivity contribution is 7.92. The van der Waals surface area contributed by atoms with Gasteiger partial charge in [-0.1, -0.05) is 29.8 Å². The van der Waals surface area contributed by atoms with Crippen LogP contribution in [0.2, 0.25) is 5.02 Å². The Labute approximate surface area is 247 Å². The van der Waals surface area contributed by atoms with Gasteiger partial charge < -0.3 is 14.7 Å². The molecule has 0 aromatic heterocycles. The minimum atomic E-state index is -4.80. The number of benzene rings is 3. The number of aliphatic carboxylic acids is 1. The molecule has 230 valence electrons. The van der Waals surface area contributed by atoms with Gasteiger partial charge in [0.1, 0.15) is 11.9 Å². The molecule has 15 heteroatoms. The molecule has 0 saturated carbocycles. The molecule has 43 heavy (non-hydrogen) atoms. The molecular formula is C28H23ClF6N2O5S. The van der Waals surface area contributed by atoms with E-state index >= 15 is 0 Å². The van der Waals surface area contributed by atoms with Crippen LogP contribution in [0.25, 0.3) is 0 Å². The molecule has 5 rings (SSSR count). The number of fused-ring (bicyclic) bond motifs is 1. The van der Waals surface area contributed by atoms with Crippen molar-refractivity contribution < 1.29 is 49.4 Å². The lowest BCUT2D eigenvalue weighted by atomic mass is 9.89. The van der Waals surface area contributed by atoms with Crippen LogP contribution in [0.5, 0.6) is 5.75 Å². The van der Waals surface area contributed by atoms with Crippen LogP contribution in [0, 0.1) is 0 Å². The largest absolute Gasteiger partial charge is 0.486 e. The molecule has 0 unspecified atom stereocenters. The summed E-state index contributed by atoms with van der Waals surface area (Å²) in [7, 11) is -4.59. The normalized spacial score (nSPS) is 17.7. The number of carboxylic acids is 1. The summed E-state index contributed by atoms with van der Waals surface area (Å²) >= 11 is 6.12. The number of rotatable bonds is 7. The van der Waals surface area contributed by atoms with Gasteiger partial charge in [-0.3, -0.25) is 9.10 Å². The fraction of sp³-hybridized carbons (Fsp3) is 0.321. The topological polar surface area (TPSA) is 87.2 Å². The first-order valence-corrected chi connectivity index (χ1v) is 14.7. The van der Waals surface area contributed by atoms with Crippen molar-refractivity contribution in [1.29, 1.82) is 0 Å². The fourth-order valence-electron chi connectivity index (χ4n) is 5.14. The maximum Gasteiger partial charge on any atom is 0.418 e. The molecule has 1 fully saturated rings. The van der Waals surface area contributed by atoms with Crippen LogP contribution in [-0.2, 0) is 27.2 Å². The zero-order chi connectivity index (χ0) is 31.3. The van der Waals surface area contributed by atoms with E-state index in [1.54, 1.807) is 6.07 Å². The number of hydrogen-bond donors (Lipinski definition) is 1. The van der Waals surface area contributed by atoms with E-state index in [-0.39, 0.29) is 60.5 Å². The summed E-state index contributed by atoms with van der Waals surface area (Å²) in [5.74, 6) is -1.40. The third-order valence-corrected chi connectivity index (χ3v) is 9.39. The van der Waals surface area contributed by atoms with Crippen LogP contribution >= 0.6 is 11.6 Å². The van der Waals surface area contributed by atoms with Gasteiger partial charge in [0.25, 0.3) is 10.0 Å². The lowest BCUT2D eigenvalue weighted by molar-refractivity contribution is -0.138. The van der Waals surface area contributed by atoms with E-state index < -0.39 is 50.5 Å². The van der Waals surface area contributed by atoms with Crippen LogP contribution in [0.1, 0.15) is 35.4 Å². The number of carboxylic acid groups (broad SMARTS) is 1. The molecule has 0 aliphatic carbocycles. The maximum absolute atomic E-state index is 13.7.